The van der Waals surface area contributed by atoms with Crippen LogP contribution in [0.5, 0.6) is 0 Å². The Balaban J connectivity index is 1.09. The SMILES string of the molecule is c1ccc(-c2cc3c4cccc5c6cc(-c7cc8c(cn7)c7ccc9c%10cnccc%10c%10cccc8c%10n97)oc6c6ccc(c3o2)n6c45)cc1. The Hall–Kier alpha value is -6.92. The molecule has 0 amide bonds. The van der Waals surface area contributed by atoms with E-state index in [4.69, 9.17) is 13.8 Å². The van der Waals surface area contributed by atoms with Gasteiger partial charge in [0, 0.05) is 67.2 Å². The van der Waals surface area contributed by atoms with Crippen LogP contribution in [-0.2, 0) is 0 Å². The molecule has 13 rings (SSSR count). The molecular formula is C44H22N4O2. The van der Waals surface area contributed by atoms with E-state index in [1.807, 2.05) is 36.8 Å². The predicted molar refractivity (Wildman–Crippen MR) is 202 cm³/mol. The third-order valence-electron chi connectivity index (χ3n) is 11.0. The second kappa shape index (κ2) is 8.56. The van der Waals surface area contributed by atoms with Crippen molar-refractivity contribution < 1.29 is 8.83 Å². The fourth-order valence-corrected chi connectivity index (χ4v) is 8.85. The molecule has 13 aromatic rings. The van der Waals surface area contributed by atoms with Gasteiger partial charge >= 0.3 is 0 Å². The highest BCUT2D eigenvalue weighted by atomic mass is 16.3. The zero-order chi connectivity index (χ0) is 32.2. The van der Waals surface area contributed by atoms with Gasteiger partial charge in [0.05, 0.1) is 33.1 Å². The number of para-hydroxylation sites is 2. The number of benzene rings is 3. The van der Waals surface area contributed by atoms with Crippen LogP contribution < -0.4 is 0 Å². The minimum atomic E-state index is 0.746. The summed E-state index contributed by atoms with van der Waals surface area (Å²) in [6.07, 6.45) is 5.86. The lowest BCUT2D eigenvalue weighted by Gasteiger charge is -2.15. The van der Waals surface area contributed by atoms with E-state index < -0.39 is 0 Å². The summed E-state index contributed by atoms with van der Waals surface area (Å²) in [5.74, 6) is 1.61. The molecule has 6 nitrogen and oxygen atoms in total. The van der Waals surface area contributed by atoms with Crippen LogP contribution in [0.2, 0.25) is 0 Å². The average Bonchev–Trinajstić information content (AvgIpc) is 3.99. The molecule has 0 fully saturated rings. The van der Waals surface area contributed by atoms with E-state index in [1.165, 1.54) is 21.7 Å². The first-order valence-electron chi connectivity index (χ1n) is 16.8. The lowest BCUT2D eigenvalue weighted by molar-refractivity contribution is 0.630. The second-order valence-corrected chi connectivity index (χ2v) is 13.4. The molecule has 0 saturated heterocycles. The van der Waals surface area contributed by atoms with Gasteiger partial charge in [-0.05, 0) is 59.3 Å². The van der Waals surface area contributed by atoms with Crippen LogP contribution >= 0.6 is 0 Å². The zero-order valence-electron chi connectivity index (χ0n) is 26.3. The summed E-state index contributed by atoms with van der Waals surface area (Å²) in [4.78, 5) is 9.49. The van der Waals surface area contributed by atoms with Crippen molar-refractivity contribution in [3.8, 4) is 22.8 Å². The predicted octanol–water partition coefficient (Wildman–Crippen LogP) is 11.6. The maximum absolute atomic E-state index is 6.82. The van der Waals surface area contributed by atoms with Crippen LogP contribution in [0.15, 0.2) is 143 Å². The van der Waals surface area contributed by atoms with E-state index >= 15 is 0 Å². The molecule has 50 heavy (non-hydrogen) atoms. The second-order valence-electron chi connectivity index (χ2n) is 13.4. The summed E-state index contributed by atoms with van der Waals surface area (Å²) < 4.78 is 18.1. The highest BCUT2D eigenvalue weighted by Gasteiger charge is 2.23. The van der Waals surface area contributed by atoms with Gasteiger partial charge in [-0.1, -0.05) is 66.7 Å². The number of aromatic nitrogens is 4. The van der Waals surface area contributed by atoms with Crippen LogP contribution in [0.1, 0.15) is 0 Å². The number of hydrogen-bond donors (Lipinski definition) is 0. The summed E-state index contributed by atoms with van der Waals surface area (Å²) in [5.41, 5.74) is 10.3. The number of rotatable bonds is 2. The molecule has 0 saturated carbocycles. The number of hydrogen-bond acceptors (Lipinski definition) is 4. The van der Waals surface area contributed by atoms with E-state index in [2.05, 4.69) is 111 Å². The summed E-state index contributed by atoms with van der Waals surface area (Å²) in [5, 5.41) is 11.5. The van der Waals surface area contributed by atoms with Gasteiger partial charge in [0.15, 0.2) is 16.9 Å². The number of fused-ring (bicyclic) bond motifs is 12. The van der Waals surface area contributed by atoms with Gasteiger partial charge in [-0.25, -0.2) is 0 Å². The van der Waals surface area contributed by atoms with Crippen molar-refractivity contribution in [2.24, 2.45) is 0 Å². The molecule has 0 aliphatic heterocycles. The van der Waals surface area contributed by atoms with E-state index in [-0.39, 0.29) is 0 Å². The first-order valence-corrected chi connectivity index (χ1v) is 16.8. The molecule has 10 aromatic heterocycles. The highest BCUT2D eigenvalue weighted by molar-refractivity contribution is 6.26. The standard InChI is InChI=1S/C44H22N4O2/c1-2-6-23(7-3-1)39-19-30-27-10-5-11-28-31-20-40(50-44(31)38-15-14-37(43(30)49-39)48(38)42(27)28)34-18-29-26-9-4-8-25-24-16-17-45-21-32(24)35-12-13-36(33(29)22-46-34)47(35)41(25)26/h1-22H. The summed E-state index contributed by atoms with van der Waals surface area (Å²) in [6.45, 7) is 0. The largest absolute Gasteiger partial charge is 0.454 e. The zero-order valence-corrected chi connectivity index (χ0v) is 26.3. The normalized spacial score (nSPS) is 12.8. The molecular weight excluding hydrogens is 617 g/mol. The summed E-state index contributed by atoms with van der Waals surface area (Å²) in [6, 6.07) is 40.8. The van der Waals surface area contributed by atoms with Gasteiger partial charge in [-0.3, -0.25) is 9.97 Å². The Morgan fingerprint density at radius 3 is 1.72 bits per heavy atom. The van der Waals surface area contributed by atoms with Crippen molar-refractivity contribution in [1.29, 1.82) is 0 Å². The molecule has 0 radical (unpaired) electrons. The molecule has 230 valence electrons. The molecule has 10 heterocycles. The van der Waals surface area contributed by atoms with Crippen molar-refractivity contribution in [3.63, 3.8) is 0 Å². The minimum absolute atomic E-state index is 0.746. The average molecular weight is 639 g/mol. The molecule has 0 aliphatic rings. The third-order valence-corrected chi connectivity index (χ3v) is 11.0. The van der Waals surface area contributed by atoms with E-state index in [0.717, 1.165) is 99.2 Å². The fraction of sp³-hybridized carbons (Fsp3) is 0. The van der Waals surface area contributed by atoms with E-state index in [9.17, 15) is 0 Å². The molecule has 0 unspecified atom stereocenters. The van der Waals surface area contributed by atoms with Gasteiger partial charge in [-0.15, -0.1) is 0 Å². The number of nitrogens with zero attached hydrogens (tertiary/aromatic N) is 4. The molecule has 0 atom stereocenters. The van der Waals surface area contributed by atoms with Gasteiger partial charge in [0.25, 0.3) is 0 Å². The quantitative estimate of drug-likeness (QED) is 0.140. The van der Waals surface area contributed by atoms with E-state index in [0.29, 0.717) is 0 Å². The molecule has 0 N–H and O–H groups in total. The molecule has 0 bridgehead atoms. The number of furan rings is 2. The van der Waals surface area contributed by atoms with Crippen molar-refractivity contribution in [1.82, 2.24) is 18.8 Å². The monoisotopic (exact) mass is 638 g/mol. The van der Waals surface area contributed by atoms with Crippen LogP contribution in [0.25, 0.3) is 121 Å². The molecule has 6 heteroatoms. The lowest BCUT2D eigenvalue weighted by atomic mass is 10.00. The third kappa shape index (κ3) is 2.89. The van der Waals surface area contributed by atoms with Crippen molar-refractivity contribution in [3.05, 3.63) is 134 Å². The Morgan fingerprint density at radius 2 is 1.00 bits per heavy atom. The van der Waals surface area contributed by atoms with Crippen LogP contribution in [0.3, 0.4) is 0 Å². The Kier molecular flexibility index (Phi) is 4.30. The smallest absolute Gasteiger partial charge is 0.159 e. The van der Waals surface area contributed by atoms with E-state index in [1.54, 1.807) is 0 Å². The fourth-order valence-electron chi connectivity index (χ4n) is 8.85. The Morgan fingerprint density at radius 1 is 0.420 bits per heavy atom. The summed E-state index contributed by atoms with van der Waals surface area (Å²) >= 11 is 0. The maximum Gasteiger partial charge on any atom is 0.159 e. The van der Waals surface area contributed by atoms with Crippen LogP contribution in [0.4, 0.5) is 0 Å². The lowest BCUT2D eigenvalue weighted by Crippen LogP contribution is -1.96. The van der Waals surface area contributed by atoms with Crippen LogP contribution in [-0.4, -0.2) is 18.8 Å². The van der Waals surface area contributed by atoms with Crippen LogP contribution in [0, 0.1) is 0 Å². The van der Waals surface area contributed by atoms with Crippen molar-refractivity contribution in [2.45, 2.75) is 0 Å². The highest BCUT2D eigenvalue weighted by Crippen LogP contribution is 2.45. The maximum atomic E-state index is 6.82. The van der Waals surface area contributed by atoms with Gasteiger partial charge in [0.2, 0.25) is 0 Å². The topological polar surface area (TPSA) is 60.9 Å². The van der Waals surface area contributed by atoms with Crippen molar-refractivity contribution >= 4 is 98.1 Å². The van der Waals surface area contributed by atoms with Crippen molar-refractivity contribution in [2.75, 3.05) is 0 Å². The first-order chi connectivity index (χ1) is 24.8. The first kappa shape index (κ1) is 25.1. The number of pyridine rings is 6. The van der Waals surface area contributed by atoms with Gasteiger partial charge < -0.3 is 17.6 Å². The summed E-state index contributed by atoms with van der Waals surface area (Å²) in [7, 11) is 0. The van der Waals surface area contributed by atoms with Gasteiger partial charge in [0.1, 0.15) is 11.5 Å². The Labute approximate surface area is 281 Å². The van der Waals surface area contributed by atoms with Gasteiger partial charge in [-0.2, -0.15) is 0 Å². The Bertz CT molecular complexity index is 3540. The molecule has 0 aliphatic carbocycles. The molecule has 3 aromatic carbocycles. The molecule has 0 spiro atoms. The minimum Gasteiger partial charge on any atom is -0.454 e.